The molecule has 0 bridgehead atoms. The number of likely N-dealkylation sites (N-methyl/N-ethyl adjacent to an activating group) is 1. The molecule has 2 rings (SSSR count). The van der Waals surface area contributed by atoms with Gasteiger partial charge in [0.2, 0.25) is 10.0 Å². The highest BCUT2D eigenvalue weighted by atomic mass is 35.5. The van der Waals surface area contributed by atoms with Crippen LogP contribution < -0.4 is 20.5 Å². The quantitative estimate of drug-likeness (QED) is 0.782. The summed E-state index contributed by atoms with van der Waals surface area (Å²) in [7, 11) is -0.992. The number of sulfonamides is 1. The average molecular weight is 366 g/mol. The number of halogens is 1. The van der Waals surface area contributed by atoms with Crippen LogP contribution in [0.5, 0.6) is 11.5 Å². The van der Waals surface area contributed by atoms with Crippen molar-refractivity contribution in [3.8, 4) is 11.5 Å². The van der Waals surface area contributed by atoms with Crippen LogP contribution >= 0.6 is 12.4 Å². The molecule has 0 aromatic heterocycles. The van der Waals surface area contributed by atoms with Crippen LogP contribution in [0.2, 0.25) is 0 Å². The molecule has 0 saturated heterocycles. The number of nitrogens with two attached hydrogens (primary N) is 1. The van der Waals surface area contributed by atoms with Gasteiger partial charge in [0.15, 0.2) is 6.61 Å². The highest BCUT2D eigenvalue weighted by Gasteiger charge is 2.30. The second-order valence-corrected chi connectivity index (χ2v) is 6.91. The number of benzene rings is 1. The zero-order chi connectivity index (χ0) is 16.5. The molecule has 1 heterocycles. The molecule has 1 amide bonds. The zero-order valence-electron chi connectivity index (χ0n) is 13.0. The van der Waals surface area contributed by atoms with E-state index in [0.29, 0.717) is 5.69 Å². The van der Waals surface area contributed by atoms with Crippen molar-refractivity contribution < 1.29 is 22.7 Å². The Hall–Kier alpha value is -1.55. The Morgan fingerprint density at radius 2 is 2.13 bits per heavy atom. The Balaban J connectivity index is 0.00000264. The third-order valence-corrected chi connectivity index (χ3v) is 5.51. The van der Waals surface area contributed by atoms with Gasteiger partial charge in [0, 0.05) is 31.8 Å². The van der Waals surface area contributed by atoms with Gasteiger partial charge in [-0.25, -0.2) is 8.42 Å². The first-order valence-corrected chi connectivity index (χ1v) is 8.08. The van der Waals surface area contributed by atoms with E-state index in [4.69, 9.17) is 15.2 Å². The maximum Gasteiger partial charge on any atom is 0.262 e. The number of hydrogen-bond acceptors (Lipinski definition) is 6. The first-order chi connectivity index (χ1) is 10.3. The molecule has 130 valence electrons. The maximum absolute atomic E-state index is 12.7. The molecule has 1 aromatic carbocycles. The number of rotatable bonds is 5. The van der Waals surface area contributed by atoms with Crippen LogP contribution in [0.1, 0.15) is 6.92 Å². The molecule has 23 heavy (non-hydrogen) atoms. The molecule has 1 unspecified atom stereocenters. The van der Waals surface area contributed by atoms with Crippen LogP contribution in [0.25, 0.3) is 0 Å². The first-order valence-electron chi connectivity index (χ1n) is 6.64. The van der Waals surface area contributed by atoms with Crippen LogP contribution in [0, 0.1) is 0 Å². The lowest BCUT2D eigenvalue weighted by molar-refractivity contribution is -0.118. The molecule has 1 aliphatic heterocycles. The van der Waals surface area contributed by atoms with E-state index in [-0.39, 0.29) is 53.9 Å². The van der Waals surface area contributed by atoms with Gasteiger partial charge in [0.05, 0.1) is 12.8 Å². The zero-order valence-corrected chi connectivity index (χ0v) is 14.7. The number of nitrogens with zero attached hydrogens (tertiary/aromatic N) is 1. The van der Waals surface area contributed by atoms with Crippen molar-refractivity contribution in [2.24, 2.45) is 5.73 Å². The smallest absolute Gasteiger partial charge is 0.262 e. The van der Waals surface area contributed by atoms with Crippen molar-refractivity contribution in [2.75, 3.05) is 32.6 Å². The van der Waals surface area contributed by atoms with Gasteiger partial charge in [0.1, 0.15) is 16.4 Å². The lowest BCUT2D eigenvalue weighted by atomic mass is 10.2. The van der Waals surface area contributed by atoms with E-state index in [1.165, 1.54) is 30.6 Å². The molecule has 0 spiro atoms. The number of hydrogen-bond donors (Lipinski definition) is 2. The Bertz CT molecular complexity index is 695. The van der Waals surface area contributed by atoms with Crippen LogP contribution in [0.4, 0.5) is 5.69 Å². The largest absolute Gasteiger partial charge is 0.495 e. The minimum Gasteiger partial charge on any atom is -0.495 e. The molecule has 1 aliphatic rings. The summed E-state index contributed by atoms with van der Waals surface area (Å²) in [5.74, 6) is 0.104. The standard InChI is InChI=1S/C13H19N3O5S.ClH/c1-8(6-14)16(2)22(18,19)12-5-10-9(4-11(12)20-3)15-13(17)7-21-10;/h4-5,8H,6-7,14H2,1-3H3,(H,15,17);1H. The van der Waals surface area contributed by atoms with E-state index in [9.17, 15) is 13.2 Å². The molecule has 1 atom stereocenters. The summed E-state index contributed by atoms with van der Waals surface area (Å²) < 4.78 is 37.0. The van der Waals surface area contributed by atoms with Crippen molar-refractivity contribution >= 4 is 34.0 Å². The van der Waals surface area contributed by atoms with Crippen LogP contribution in [0.3, 0.4) is 0 Å². The van der Waals surface area contributed by atoms with Crippen LogP contribution in [-0.4, -0.2) is 52.0 Å². The summed E-state index contributed by atoms with van der Waals surface area (Å²) >= 11 is 0. The molecule has 3 N–H and O–H groups in total. The Kier molecular flexibility index (Phi) is 6.23. The van der Waals surface area contributed by atoms with Gasteiger partial charge in [-0.15, -0.1) is 12.4 Å². The fourth-order valence-corrected chi connectivity index (χ4v) is 3.51. The first kappa shape index (κ1) is 19.5. The van der Waals surface area contributed by atoms with Crippen LogP contribution in [-0.2, 0) is 14.8 Å². The summed E-state index contributed by atoms with van der Waals surface area (Å²) in [4.78, 5) is 11.3. The van der Waals surface area contributed by atoms with E-state index in [0.717, 1.165) is 0 Å². The highest BCUT2D eigenvalue weighted by Crippen LogP contribution is 2.38. The van der Waals surface area contributed by atoms with E-state index >= 15 is 0 Å². The van der Waals surface area contributed by atoms with Crippen molar-refractivity contribution in [2.45, 2.75) is 17.9 Å². The van der Waals surface area contributed by atoms with Crippen molar-refractivity contribution in [3.05, 3.63) is 12.1 Å². The number of amides is 1. The lowest BCUT2D eigenvalue weighted by Gasteiger charge is -2.25. The molecule has 0 radical (unpaired) electrons. The van der Waals surface area contributed by atoms with Gasteiger partial charge in [-0.05, 0) is 6.92 Å². The number of carbonyl (C=O) groups excluding carboxylic acids is 1. The van der Waals surface area contributed by atoms with Crippen molar-refractivity contribution in [1.29, 1.82) is 0 Å². The molecular weight excluding hydrogens is 346 g/mol. The lowest BCUT2D eigenvalue weighted by Crippen LogP contribution is -2.39. The second-order valence-electron chi connectivity index (χ2n) is 4.94. The molecule has 8 nitrogen and oxygen atoms in total. The molecule has 0 saturated carbocycles. The van der Waals surface area contributed by atoms with E-state index in [1.807, 2.05) is 0 Å². The summed E-state index contributed by atoms with van der Waals surface area (Å²) in [5.41, 5.74) is 5.91. The molecule has 0 aliphatic carbocycles. The van der Waals surface area contributed by atoms with Gasteiger partial charge in [0.25, 0.3) is 5.91 Å². The van der Waals surface area contributed by atoms with E-state index < -0.39 is 10.0 Å². The fraction of sp³-hybridized carbons (Fsp3) is 0.462. The predicted octanol–water partition coefficient (Wildman–Crippen LogP) is 0.416. The summed E-state index contributed by atoms with van der Waals surface area (Å²) in [6.07, 6.45) is 0. The van der Waals surface area contributed by atoms with E-state index in [1.54, 1.807) is 6.92 Å². The maximum atomic E-state index is 12.7. The molecule has 0 fully saturated rings. The second kappa shape index (κ2) is 7.35. The summed E-state index contributed by atoms with van der Waals surface area (Å²) in [6, 6.07) is 2.41. The number of nitrogens with one attached hydrogen (secondary N) is 1. The van der Waals surface area contributed by atoms with Gasteiger partial charge in [-0.3, -0.25) is 4.79 Å². The summed E-state index contributed by atoms with van der Waals surface area (Å²) in [6.45, 7) is 1.74. The predicted molar refractivity (Wildman–Crippen MR) is 87.8 cm³/mol. The van der Waals surface area contributed by atoms with Crippen LogP contribution in [0.15, 0.2) is 17.0 Å². The minimum absolute atomic E-state index is 0. The van der Waals surface area contributed by atoms with Crippen molar-refractivity contribution in [3.63, 3.8) is 0 Å². The SMILES string of the molecule is COc1cc2c(cc1S(=O)(=O)N(C)C(C)CN)OCC(=O)N2.Cl. The third kappa shape index (κ3) is 3.69. The average Bonchev–Trinajstić information content (AvgIpc) is 2.51. The van der Waals surface area contributed by atoms with E-state index in [2.05, 4.69) is 5.32 Å². The van der Waals surface area contributed by atoms with Gasteiger partial charge < -0.3 is 20.5 Å². The Labute approximate surface area is 141 Å². The number of carbonyl (C=O) groups is 1. The number of ether oxygens (including phenoxy) is 2. The molecule has 1 aromatic rings. The van der Waals surface area contributed by atoms with Crippen molar-refractivity contribution in [1.82, 2.24) is 4.31 Å². The number of fused-ring (bicyclic) bond motifs is 1. The Morgan fingerprint density at radius 3 is 2.70 bits per heavy atom. The Morgan fingerprint density at radius 1 is 1.48 bits per heavy atom. The minimum atomic E-state index is -3.80. The topological polar surface area (TPSA) is 111 Å². The van der Waals surface area contributed by atoms with Gasteiger partial charge >= 0.3 is 0 Å². The van der Waals surface area contributed by atoms with Gasteiger partial charge in [-0.2, -0.15) is 4.31 Å². The fourth-order valence-electron chi connectivity index (χ4n) is 1.99. The monoisotopic (exact) mass is 365 g/mol. The normalized spacial score (nSPS) is 15.1. The van der Waals surface area contributed by atoms with Gasteiger partial charge in [-0.1, -0.05) is 0 Å². The number of anilines is 1. The highest BCUT2D eigenvalue weighted by molar-refractivity contribution is 7.89. The number of methoxy groups -OCH3 is 1. The summed E-state index contributed by atoms with van der Waals surface area (Å²) in [5, 5.41) is 2.60. The molecule has 10 heteroatoms. The molecular formula is C13H20ClN3O5S. The third-order valence-electron chi connectivity index (χ3n) is 3.52.